The lowest BCUT2D eigenvalue weighted by atomic mass is 10.2. The number of carbonyl (C=O) groups excluding carboxylic acids is 3. The van der Waals surface area contributed by atoms with E-state index in [0.717, 1.165) is 0 Å². The van der Waals surface area contributed by atoms with Crippen molar-refractivity contribution in [3.8, 4) is 0 Å². The predicted molar refractivity (Wildman–Crippen MR) is 52.4 cm³/mol. The van der Waals surface area contributed by atoms with Gasteiger partial charge in [-0.15, -0.1) is 0 Å². The minimum atomic E-state index is -0.702. The van der Waals surface area contributed by atoms with Gasteiger partial charge in [0.25, 0.3) is 0 Å². The molecule has 0 aromatic carbocycles. The van der Waals surface area contributed by atoms with E-state index in [9.17, 15) is 14.4 Å². The quantitative estimate of drug-likeness (QED) is 0.654. The van der Waals surface area contributed by atoms with Crippen LogP contribution in [0.3, 0.4) is 0 Å². The Morgan fingerprint density at radius 1 is 1.40 bits per heavy atom. The maximum atomic E-state index is 11.3. The smallest absolute Gasteiger partial charge is 0.408 e. The number of hydrogen-bond donors (Lipinski definition) is 1. The Kier molecular flexibility index (Phi) is 3.12. The molecule has 1 amide bonds. The fraction of sp³-hybridized carbons (Fsp3) is 0.700. The number of ketones is 2. The number of carbonyl (C=O) groups is 3. The molecule has 84 valence electrons. The van der Waals surface area contributed by atoms with Crippen molar-refractivity contribution in [3.63, 3.8) is 0 Å². The summed E-state index contributed by atoms with van der Waals surface area (Å²) in [5, 5.41) is 2.38. The Balaban J connectivity index is 2.45. The van der Waals surface area contributed by atoms with E-state index >= 15 is 0 Å². The lowest BCUT2D eigenvalue weighted by Gasteiger charge is -2.21. The fourth-order valence-corrected chi connectivity index (χ4v) is 1.31. The molecule has 1 aliphatic rings. The van der Waals surface area contributed by atoms with Gasteiger partial charge in [-0.25, -0.2) is 4.79 Å². The zero-order valence-electron chi connectivity index (χ0n) is 9.12. The van der Waals surface area contributed by atoms with Gasteiger partial charge in [0.15, 0.2) is 5.78 Å². The van der Waals surface area contributed by atoms with Crippen LogP contribution >= 0.6 is 0 Å². The van der Waals surface area contributed by atoms with Gasteiger partial charge in [-0.2, -0.15) is 0 Å². The molecule has 1 aliphatic carbocycles. The normalized spacial score (nSPS) is 21.7. The van der Waals surface area contributed by atoms with Crippen molar-refractivity contribution < 1.29 is 19.1 Å². The highest BCUT2D eigenvalue weighted by Gasteiger charge is 2.33. The monoisotopic (exact) mass is 213 g/mol. The number of nitrogens with one attached hydrogen (secondary N) is 1. The van der Waals surface area contributed by atoms with Crippen LogP contribution in [0.25, 0.3) is 0 Å². The van der Waals surface area contributed by atoms with Crippen LogP contribution in [-0.2, 0) is 14.3 Å². The van der Waals surface area contributed by atoms with Gasteiger partial charge in [-0.1, -0.05) is 0 Å². The standard InChI is InChI=1S/C10H15NO4/c1-10(2,3)15-9(14)11-7-4-6(12)5-8(7)13/h7H,4-5H2,1-3H3,(H,11,14)/t7-/m0/s1. The Morgan fingerprint density at radius 2 is 2.00 bits per heavy atom. The summed E-state index contributed by atoms with van der Waals surface area (Å²) in [4.78, 5) is 33.4. The van der Waals surface area contributed by atoms with Crippen LogP contribution in [0.2, 0.25) is 0 Å². The van der Waals surface area contributed by atoms with Crippen molar-refractivity contribution in [1.29, 1.82) is 0 Å². The first-order chi connectivity index (χ1) is 6.78. The minimum Gasteiger partial charge on any atom is -0.444 e. The first kappa shape index (κ1) is 11.7. The van der Waals surface area contributed by atoms with Crippen molar-refractivity contribution in [2.24, 2.45) is 0 Å². The molecule has 0 aromatic heterocycles. The molecule has 15 heavy (non-hydrogen) atoms. The summed E-state index contributed by atoms with van der Waals surface area (Å²) in [6.07, 6.45) is -0.658. The van der Waals surface area contributed by atoms with Crippen LogP contribution in [0.15, 0.2) is 0 Å². The first-order valence-electron chi connectivity index (χ1n) is 4.82. The fourth-order valence-electron chi connectivity index (χ4n) is 1.31. The molecule has 0 unspecified atom stereocenters. The molecule has 0 radical (unpaired) electrons. The molecule has 1 fully saturated rings. The lowest BCUT2D eigenvalue weighted by molar-refractivity contribution is -0.122. The summed E-state index contributed by atoms with van der Waals surface area (Å²) in [6.45, 7) is 5.19. The van der Waals surface area contributed by atoms with Crippen molar-refractivity contribution in [2.45, 2.75) is 45.3 Å². The molecule has 1 atom stereocenters. The zero-order valence-corrected chi connectivity index (χ0v) is 9.12. The average molecular weight is 213 g/mol. The van der Waals surface area contributed by atoms with Gasteiger partial charge < -0.3 is 10.1 Å². The maximum absolute atomic E-state index is 11.3. The summed E-state index contributed by atoms with van der Waals surface area (Å²) in [5.74, 6) is -0.382. The van der Waals surface area contributed by atoms with Crippen LogP contribution in [0.4, 0.5) is 4.79 Å². The predicted octanol–water partition coefficient (Wildman–Crippen LogP) is 0.812. The van der Waals surface area contributed by atoms with Crippen LogP contribution < -0.4 is 5.32 Å². The Labute approximate surface area is 88.2 Å². The highest BCUT2D eigenvalue weighted by molar-refractivity contribution is 6.09. The van der Waals surface area contributed by atoms with Crippen LogP contribution in [0, 0.1) is 0 Å². The summed E-state index contributed by atoms with van der Waals surface area (Å²) in [7, 11) is 0. The van der Waals surface area contributed by atoms with E-state index in [-0.39, 0.29) is 24.4 Å². The number of hydrogen-bond acceptors (Lipinski definition) is 4. The molecule has 0 bridgehead atoms. The highest BCUT2D eigenvalue weighted by atomic mass is 16.6. The second-order valence-corrected chi connectivity index (χ2v) is 4.58. The Morgan fingerprint density at radius 3 is 2.40 bits per heavy atom. The first-order valence-corrected chi connectivity index (χ1v) is 4.82. The van der Waals surface area contributed by atoms with E-state index in [2.05, 4.69) is 5.32 Å². The molecule has 5 heteroatoms. The highest BCUT2D eigenvalue weighted by Crippen LogP contribution is 2.12. The maximum Gasteiger partial charge on any atom is 0.408 e. The van der Waals surface area contributed by atoms with Crippen LogP contribution in [-0.4, -0.2) is 29.3 Å². The van der Waals surface area contributed by atoms with Gasteiger partial charge in [0.2, 0.25) is 0 Å². The van der Waals surface area contributed by atoms with Gasteiger partial charge in [0.05, 0.1) is 12.5 Å². The van der Waals surface area contributed by atoms with E-state index in [1.54, 1.807) is 20.8 Å². The van der Waals surface area contributed by atoms with E-state index in [4.69, 9.17) is 4.74 Å². The molecule has 1 rings (SSSR count). The topological polar surface area (TPSA) is 72.5 Å². The summed E-state index contributed by atoms with van der Waals surface area (Å²) in [6, 6.07) is -0.702. The van der Waals surface area contributed by atoms with Crippen LogP contribution in [0.1, 0.15) is 33.6 Å². The third-order valence-corrected chi connectivity index (χ3v) is 1.88. The summed E-state index contributed by atoms with van der Waals surface area (Å²) >= 11 is 0. The summed E-state index contributed by atoms with van der Waals surface area (Å²) < 4.78 is 4.97. The third kappa shape index (κ3) is 3.69. The van der Waals surface area contributed by atoms with Crippen molar-refractivity contribution in [3.05, 3.63) is 0 Å². The summed E-state index contributed by atoms with van der Waals surface area (Å²) in [5.41, 5.74) is -0.601. The van der Waals surface area contributed by atoms with Crippen molar-refractivity contribution >= 4 is 17.7 Å². The number of rotatable bonds is 1. The lowest BCUT2D eigenvalue weighted by Crippen LogP contribution is -2.41. The van der Waals surface area contributed by atoms with E-state index in [0.29, 0.717) is 0 Å². The van der Waals surface area contributed by atoms with E-state index in [1.807, 2.05) is 0 Å². The molecule has 5 nitrogen and oxygen atoms in total. The molecule has 0 spiro atoms. The SMILES string of the molecule is CC(C)(C)OC(=O)N[C@H]1CC(=O)CC1=O. The Bertz CT molecular complexity index is 303. The third-order valence-electron chi connectivity index (χ3n) is 1.88. The minimum absolute atomic E-state index is 0.0814. The van der Waals surface area contributed by atoms with E-state index in [1.165, 1.54) is 0 Å². The molecule has 1 N–H and O–H groups in total. The van der Waals surface area contributed by atoms with Gasteiger partial charge >= 0.3 is 6.09 Å². The number of amides is 1. The molecule has 0 aliphatic heterocycles. The second-order valence-electron chi connectivity index (χ2n) is 4.58. The van der Waals surface area contributed by atoms with Crippen molar-refractivity contribution in [1.82, 2.24) is 5.32 Å². The molecule has 0 aromatic rings. The van der Waals surface area contributed by atoms with Crippen molar-refractivity contribution in [2.75, 3.05) is 0 Å². The average Bonchev–Trinajstić information content (AvgIpc) is 2.25. The van der Waals surface area contributed by atoms with Crippen LogP contribution in [0.5, 0.6) is 0 Å². The number of Topliss-reactive ketones (excluding diaryl/α,β-unsaturated/α-hetero) is 2. The van der Waals surface area contributed by atoms with Gasteiger partial charge in [-0.05, 0) is 20.8 Å². The molecule has 1 saturated carbocycles. The van der Waals surface area contributed by atoms with Gasteiger partial charge in [0.1, 0.15) is 11.4 Å². The van der Waals surface area contributed by atoms with E-state index < -0.39 is 17.7 Å². The van der Waals surface area contributed by atoms with Gasteiger partial charge in [-0.3, -0.25) is 9.59 Å². The largest absolute Gasteiger partial charge is 0.444 e. The van der Waals surface area contributed by atoms with Gasteiger partial charge in [0, 0.05) is 6.42 Å². The second kappa shape index (κ2) is 4.00. The molecular formula is C10H15NO4. The zero-order chi connectivity index (χ0) is 11.6. The number of ether oxygens (including phenoxy) is 1. The Hall–Kier alpha value is -1.39. The molecule has 0 heterocycles. The molecule has 0 saturated heterocycles. The number of alkyl carbamates (subject to hydrolysis) is 1. The molecular weight excluding hydrogens is 198 g/mol.